The van der Waals surface area contributed by atoms with Crippen LogP contribution in [0.4, 0.5) is 5.82 Å². The summed E-state index contributed by atoms with van der Waals surface area (Å²) in [6.07, 6.45) is 3.73. The summed E-state index contributed by atoms with van der Waals surface area (Å²) in [5.74, 6) is 1.14. The molecule has 1 fully saturated rings. The Hall–Kier alpha value is -3.27. The van der Waals surface area contributed by atoms with Crippen molar-refractivity contribution < 1.29 is 9.63 Å². The second-order valence-electron chi connectivity index (χ2n) is 7.74. The topological polar surface area (TPSA) is 89.3 Å². The van der Waals surface area contributed by atoms with Gasteiger partial charge in [-0.25, -0.2) is 9.97 Å². The number of rotatable bonds is 7. The third-order valence-corrected chi connectivity index (χ3v) is 6.90. The molecule has 1 aliphatic heterocycles. The van der Waals surface area contributed by atoms with Crippen LogP contribution in [-0.4, -0.2) is 68.7 Å². The lowest BCUT2D eigenvalue weighted by atomic mass is 10.2. The highest BCUT2D eigenvalue weighted by Crippen LogP contribution is 2.31. The van der Waals surface area contributed by atoms with Gasteiger partial charge in [0.15, 0.2) is 0 Å². The second kappa shape index (κ2) is 9.07. The summed E-state index contributed by atoms with van der Waals surface area (Å²) in [4.78, 5) is 35.3. The number of hydrogen-bond donors (Lipinski definition) is 0. The number of hydrogen-bond acceptors (Lipinski definition) is 8. The first kappa shape index (κ1) is 20.6. The number of piperazine rings is 1. The van der Waals surface area contributed by atoms with E-state index in [9.17, 15) is 4.79 Å². The van der Waals surface area contributed by atoms with Crippen LogP contribution in [0.15, 0.2) is 36.7 Å². The zero-order valence-corrected chi connectivity index (χ0v) is 18.8. The summed E-state index contributed by atoms with van der Waals surface area (Å²) in [6.45, 7) is 5.51. The van der Waals surface area contributed by atoms with Gasteiger partial charge in [-0.05, 0) is 36.3 Å². The number of carbonyl (C=O) groups excluding carboxylic acids is 1. The maximum atomic E-state index is 12.7. The van der Waals surface area contributed by atoms with Gasteiger partial charge in [0, 0.05) is 37.5 Å². The highest BCUT2D eigenvalue weighted by Gasteiger charge is 2.23. The van der Waals surface area contributed by atoms with Crippen LogP contribution in [0.3, 0.4) is 0 Å². The molecular formula is C22H25N7O2S. The predicted molar refractivity (Wildman–Crippen MR) is 124 cm³/mol. The third kappa shape index (κ3) is 4.10. The van der Waals surface area contributed by atoms with E-state index in [0.717, 1.165) is 46.6 Å². The molecule has 4 heterocycles. The summed E-state index contributed by atoms with van der Waals surface area (Å²) in [6, 6.07) is 9.83. The van der Waals surface area contributed by atoms with E-state index in [1.165, 1.54) is 9.72 Å². The minimum Gasteiger partial charge on any atom is -0.395 e. The highest BCUT2D eigenvalue weighted by atomic mass is 32.1. The van der Waals surface area contributed by atoms with Gasteiger partial charge in [0.05, 0.1) is 5.39 Å². The normalized spacial score (nSPS) is 14.4. The summed E-state index contributed by atoms with van der Waals surface area (Å²) < 4.78 is 0. The van der Waals surface area contributed by atoms with Crippen molar-refractivity contribution in [2.75, 3.05) is 37.7 Å². The Labute approximate surface area is 189 Å². The van der Waals surface area contributed by atoms with Gasteiger partial charge < -0.3 is 14.6 Å². The fourth-order valence-electron chi connectivity index (χ4n) is 3.96. The summed E-state index contributed by atoms with van der Waals surface area (Å²) in [7, 11) is 0. The number of aryl methyl sites for hydroxylation is 1. The number of amides is 1. The Balaban J connectivity index is 1.11. The number of aromatic nitrogens is 5. The van der Waals surface area contributed by atoms with Gasteiger partial charge in [0.1, 0.15) is 34.6 Å². The van der Waals surface area contributed by atoms with Crippen molar-refractivity contribution in [3.63, 3.8) is 0 Å². The van der Waals surface area contributed by atoms with E-state index in [4.69, 9.17) is 4.84 Å². The molecule has 10 heteroatoms. The number of fused-ring (bicyclic) bond motifs is 2. The fraction of sp³-hybridized carbons (Fsp3) is 0.409. The number of para-hydroxylation sites is 1. The highest BCUT2D eigenvalue weighted by molar-refractivity contribution is 7.18. The maximum Gasteiger partial charge on any atom is 0.222 e. The van der Waals surface area contributed by atoms with Crippen LogP contribution in [0, 0.1) is 0 Å². The lowest BCUT2D eigenvalue weighted by Gasteiger charge is -2.35. The Morgan fingerprint density at radius 2 is 2.00 bits per heavy atom. The van der Waals surface area contributed by atoms with E-state index in [1.807, 2.05) is 29.2 Å². The fourth-order valence-corrected chi connectivity index (χ4v) is 4.89. The van der Waals surface area contributed by atoms with Crippen molar-refractivity contribution in [3.8, 4) is 0 Å². The molecule has 1 saturated heterocycles. The van der Waals surface area contributed by atoms with Crippen molar-refractivity contribution in [2.45, 2.75) is 26.2 Å². The van der Waals surface area contributed by atoms with Gasteiger partial charge in [-0.3, -0.25) is 4.79 Å². The molecule has 9 nitrogen and oxygen atoms in total. The monoisotopic (exact) mass is 451 g/mol. The van der Waals surface area contributed by atoms with Gasteiger partial charge in [-0.15, -0.1) is 16.4 Å². The minimum atomic E-state index is 0.160. The molecule has 32 heavy (non-hydrogen) atoms. The standard InChI is InChI=1S/C22H25N7O2S/c1-2-16-14-17-21(23-15-24-22(17)32-16)28-11-9-27(10-12-28)20(30)8-5-13-31-29-19-7-4-3-6-18(19)25-26-29/h3-4,6-7,14-15H,2,5,8-13H2,1H3. The minimum absolute atomic E-state index is 0.160. The molecule has 0 atom stereocenters. The van der Waals surface area contributed by atoms with Crippen LogP contribution >= 0.6 is 11.3 Å². The van der Waals surface area contributed by atoms with E-state index in [0.29, 0.717) is 32.5 Å². The van der Waals surface area contributed by atoms with Crippen LogP contribution in [0.5, 0.6) is 0 Å². The second-order valence-corrected chi connectivity index (χ2v) is 8.85. The lowest BCUT2D eigenvalue weighted by molar-refractivity contribution is -0.131. The summed E-state index contributed by atoms with van der Waals surface area (Å²) in [5, 5.41) is 9.18. The number of thiophene rings is 1. The van der Waals surface area contributed by atoms with E-state index >= 15 is 0 Å². The molecule has 0 unspecified atom stereocenters. The smallest absolute Gasteiger partial charge is 0.222 e. The van der Waals surface area contributed by atoms with Gasteiger partial charge in [0.2, 0.25) is 5.91 Å². The van der Waals surface area contributed by atoms with Crippen molar-refractivity contribution in [2.24, 2.45) is 0 Å². The Morgan fingerprint density at radius 1 is 1.16 bits per heavy atom. The van der Waals surface area contributed by atoms with Crippen LogP contribution < -0.4 is 9.74 Å². The molecule has 0 saturated carbocycles. The molecule has 3 aromatic heterocycles. The number of nitrogens with zero attached hydrogens (tertiary/aromatic N) is 7. The van der Waals surface area contributed by atoms with E-state index < -0.39 is 0 Å². The van der Waals surface area contributed by atoms with Crippen LogP contribution in [0.2, 0.25) is 0 Å². The number of carbonyl (C=O) groups is 1. The molecule has 0 radical (unpaired) electrons. The molecule has 166 valence electrons. The number of benzene rings is 1. The Morgan fingerprint density at radius 3 is 2.84 bits per heavy atom. The third-order valence-electron chi connectivity index (χ3n) is 5.71. The van der Waals surface area contributed by atoms with Gasteiger partial charge >= 0.3 is 0 Å². The molecule has 1 aliphatic rings. The molecule has 0 bridgehead atoms. The Bertz CT molecular complexity index is 1230. The maximum absolute atomic E-state index is 12.7. The lowest BCUT2D eigenvalue weighted by Crippen LogP contribution is -2.49. The van der Waals surface area contributed by atoms with E-state index in [-0.39, 0.29) is 5.91 Å². The van der Waals surface area contributed by atoms with Gasteiger partial charge in [-0.1, -0.05) is 23.9 Å². The van der Waals surface area contributed by atoms with Gasteiger partial charge in [-0.2, -0.15) is 0 Å². The van der Waals surface area contributed by atoms with E-state index in [2.05, 4.69) is 38.2 Å². The number of anilines is 1. The van der Waals surface area contributed by atoms with Gasteiger partial charge in [0.25, 0.3) is 0 Å². The summed E-state index contributed by atoms with van der Waals surface area (Å²) >= 11 is 1.73. The summed E-state index contributed by atoms with van der Waals surface area (Å²) in [5.41, 5.74) is 1.61. The first-order chi connectivity index (χ1) is 15.7. The quantitative estimate of drug-likeness (QED) is 0.399. The zero-order valence-electron chi connectivity index (χ0n) is 18.0. The zero-order chi connectivity index (χ0) is 21.9. The average molecular weight is 452 g/mol. The van der Waals surface area contributed by atoms with Crippen molar-refractivity contribution >= 4 is 44.3 Å². The van der Waals surface area contributed by atoms with Crippen LogP contribution in [-0.2, 0) is 11.2 Å². The first-order valence-electron chi connectivity index (χ1n) is 10.9. The van der Waals surface area contributed by atoms with Crippen molar-refractivity contribution in [3.05, 3.63) is 41.5 Å². The van der Waals surface area contributed by atoms with Crippen LogP contribution in [0.1, 0.15) is 24.6 Å². The molecule has 1 amide bonds. The molecule has 5 rings (SSSR count). The molecular weight excluding hydrogens is 426 g/mol. The van der Waals surface area contributed by atoms with Crippen LogP contribution in [0.25, 0.3) is 21.3 Å². The molecule has 1 aromatic carbocycles. The van der Waals surface area contributed by atoms with E-state index in [1.54, 1.807) is 17.7 Å². The van der Waals surface area contributed by atoms with Crippen molar-refractivity contribution in [1.82, 2.24) is 30.0 Å². The molecule has 0 aliphatic carbocycles. The van der Waals surface area contributed by atoms with Crippen molar-refractivity contribution in [1.29, 1.82) is 0 Å². The molecule has 4 aromatic rings. The first-order valence-corrected chi connectivity index (χ1v) is 11.7. The molecule has 0 N–H and O–H groups in total. The Kier molecular flexibility index (Phi) is 5.85. The SMILES string of the molecule is CCc1cc2c(N3CCN(C(=O)CCCOn4nnc5ccccc54)CC3)ncnc2s1. The average Bonchev–Trinajstić information content (AvgIpc) is 3.45. The largest absolute Gasteiger partial charge is 0.395 e. The predicted octanol–water partition coefficient (Wildman–Crippen LogP) is 2.56. The molecule has 0 spiro atoms.